The summed E-state index contributed by atoms with van der Waals surface area (Å²) < 4.78 is 7.39. The molecule has 0 spiro atoms. The van der Waals surface area contributed by atoms with Gasteiger partial charge in [-0.25, -0.2) is 0 Å². The van der Waals surface area contributed by atoms with Crippen molar-refractivity contribution in [2.24, 2.45) is 0 Å². The highest BCUT2D eigenvalue weighted by Crippen LogP contribution is 2.27. The van der Waals surface area contributed by atoms with Crippen LogP contribution in [0.15, 0.2) is 47.3 Å². The zero-order chi connectivity index (χ0) is 14.1. The molecule has 3 nitrogen and oxygen atoms in total. The van der Waals surface area contributed by atoms with E-state index in [0.717, 1.165) is 14.8 Å². The molecule has 3 rings (SSSR count). The van der Waals surface area contributed by atoms with Crippen LogP contribution >= 0.6 is 11.3 Å². The Hall–Kier alpha value is -1.91. The van der Waals surface area contributed by atoms with E-state index in [1.54, 1.807) is 24.3 Å². The van der Waals surface area contributed by atoms with Crippen molar-refractivity contribution >= 4 is 31.5 Å². The van der Waals surface area contributed by atoms with E-state index in [4.69, 9.17) is 4.74 Å². The standard InChI is InChI=1S/C16H14O3S/c1-10(17)9-19-11-6-7-15-13(8-11)16(18)12-4-2-3-5-14(12)20-15/h2-8,10,17H,9H2,1H3. The topological polar surface area (TPSA) is 46.5 Å². The zero-order valence-electron chi connectivity index (χ0n) is 11.0. The van der Waals surface area contributed by atoms with Crippen LogP contribution in [-0.4, -0.2) is 17.8 Å². The van der Waals surface area contributed by atoms with E-state index in [1.165, 1.54) is 0 Å². The molecule has 4 heteroatoms. The Labute approximate surface area is 120 Å². The fourth-order valence-electron chi connectivity index (χ4n) is 2.09. The largest absolute Gasteiger partial charge is 0.491 e. The van der Waals surface area contributed by atoms with Crippen molar-refractivity contribution in [1.82, 2.24) is 0 Å². The summed E-state index contributed by atoms with van der Waals surface area (Å²) in [5.74, 6) is 0.609. The monoisotopic (exact) mass is 286 g/mol. The number of aliphatic hydroxyl groups excluding tert-OH is 1. The Bertz CT molecular complexity index is 821. The Balaban J connectivity index is 2.16. The van der Waals surface area contributed by atoms with Crippen molar-refractivity contribution in [2.75, 3.05) is 6.61 Å². The third kappa shape index (κ3) is 2.40. The molecule has 102 valence electrons. The molecule has 1 aromatic heterocycles. The normalized spacial score (nSPS) is 12.7. The molecular weight excluding hydrogens is 272 g/mol. The van der Waals surface area contributed by atoms with Crippen molar-refractivity contribution in [3.05, 3.63) is 52.7 Å². The van der Waals surface area contributed by atoms with Gasteiger partial charge >= 0.3 is 0 Å². The van der Waals surface area contributed by atoms with Crippen LogP contribution in [-0.2, 0) is 0 Å². The van der Waals surface area contributed by atoms with E-state index in [1.807, 2.05) is 36.4 Å². The minimum atomic E-state index is -0.531. The summed E-state index contributed by atoms with van der Waals surface area (Å²) in [6, 6.07) is 13.1. The summed E-state index contributed by atoms with van der Waals surface area (Å²) in [6.07, 6.45) is -0.531. The van der Waals surface area contributed by atoms with E-state index in [-0.39, 0.29) is 12.0 Å². The number of benzene rings is 2. The van der Waals surface area contributed by atoms with Crippen LogP contribution in [0.2, 0.25) is 0 Å². The molecule has 0 aliphatic carbocycles. The third-order valence-electron chi connectivity index (χ3n) is 3.04. The van der Waals surface area contributed by atoms with Crippen LogP contribution in [0, 0.1) is 0 Å². The second kappa shape index (κ2) is 5.23. The zero-order valence-corrected chi connectivity index (χ0v) is 11.8. The first-order valence-corrected chi connectivity index (χ1v) is 7.23. The lowest BCUT2D eigenvalue weighted by Crippen LogP contribution is -2.12. The highest BCUT2D eigenvalue weighted by molar-refractivity contribution is 7.24. The lowest BCUT2D eigenvalue weighted by atomic mass is 10.2. The quantitative estimate of drug-likeness (QED) is 0.752. The van der Waals surface area contributed by atoms with E-state index in [0.29, 0.717) is 11.1 Å². The molecule has 2 aromatic carbocycles. The van der Waals surface area contributed by atoms with Crippen LogP contribution in [0.5, 0.6) is 5.75 Å². The Morgan fingerprint density at radius 3 is 2.70 bits per heavy atom. The van der Waals surface area contributed by atoms with Gasteiger partial charge in [-0.2, -0.15) is 0 Å². The molecule has 0 fully saturated rings. The van der Waals surface area contributed by atoms with E-state index in [2.05, 4.69) is 0 Å². The Kier molecular flexibility index (Phi) is 3.42. The number of rotatable bonds is 3. The van der Waals surface area contributed by atoms with Gasteiger partial charge in [0, 0.05) is 20.2 Å². The molecule has 1 atom stereocenters. The maximum absolute atomic E-state index is 12.5. The van der Waals surface area contributed by atoms with Crippen molar-refractivity contribution in [1.29, 1.82) is 0 Å². The molecule has 0 radical (unpaired) electrons. The van der Waals surface area contributed by atoms with Gasteiger partial charge in [-0.05, 0) is 37.3 Å². The van der Waals surface area contributed by atoms with Crippen LogP contribution in [0.25, 0.3) is 20.2 Å². The predicted octanol–water partition coefficient (Wildman–Crippen LogP) is 3.17. The van der Waals surface area contributed by atoms with Gasteiger partial charge in [-0.3, -0.25) is 4.79 Å². The molecule has 0 aliphatic rings. The second-order valence-electron chi connectivity index (χ2n) is 4.75. The summed E-state index contributed by atoms with van der Waals surface area (Å²) in [4.78, 5) is 12.5. The van der Waals surface area contributed by atoms with Gasteiger partial charge in [0.2, 0.25) is 0 Å². The summed E-state index contributed by atoms with van der Waals surface area (Å²) in [5, 5.41) is 10.6. The number of hydrogen-bond acceptors (Lipinski definition) is 4. The summed E-state index contributed by atoms with van der Waals surface area (Å²) in [6.45, 7) is 1.88. The van der Waals surface area contributed by atoms with Crippen LogP contribution in [0.3, 0.4) is 0 Å². The number of fused-ring (bicyclic) bond motifs is 2. The molecule has 20 heavy (non-hydrogen) atoms. The highest BCUT2D eigenvalue weighted by atomic mass is 32.1. The molecule has 0 amide bonds. The van der Waals surface area contributed by atoms with Crippen molar-refractivity contribution in [2.45, 2.75) is 13.0 Å². The predicted molar refractivity (Wildman–Crippen MR) is 82.8 cm³/mol. The molecule has 1 N–H and O–H groups in total. The maximum Gasteiger partial charge on any atom is 0.196 e. The smallest absolute Gasteiger partial charge is 0.196 e. The summed E-state index contributed by atoms with van der Waals surface area (Å²) in [7, 11) is 0. The van der Waals surface area contributed by atoms with Gasteiger partial charge < -0.3 is 9.84 Å². The van der Waals surface area contributed by atoms with Crippen molar-refractivity contribution in [3.63, 3.8) is 0 Å². The molecule has 3 aromatic rings. The average molecular weight is 286 g/mol. The fourth-order valence-corrected chi connectivity index (χ4v) is 3.14. The molecular formula is C16H14O3S. The van der Waals surface area contributed by atoms with Gasteiger partial charge in [0.25, 0.3) is 0 Å². The molecule has 0 saturated carbocycles. The molecule has 0 saturated heterocycles. The van der Waals surface area contributed by atoms with Crippen LogP contribution in [0.1, 0.15) is 6.92 Å². The van der Waals surface area contributed by atoms with Crippen molar-refractivity contribution < 1.29 is 9.84 Å². The van der Waals surface area contributed by atoms with Gasteiger partial charge in [-0.15, -0.1) is 11.3 Å². The molecule has 1 heterocycles. The van der Waals surface area contributed by atoms with Gasteiger partial charge in [0.05, 0.1) is 6.10 Å². The van der Waals surface area contributed by atoms with Crippen molar-refractivity contribution in [3.8, 4) is 5.75 Å². The Morgan fingerprint density at radius 1 is 1.15 bits per heavy atom. The molecule has 0 aliphatic heterocycles. The van der Waals surface area contributed by atoms with Gasteiger partial charge in [-0.1, -0.05) is 12.1 Å². The first-order chi connectivity index (χ1) is 9.65. The number of hydrogen-bond donors (Lipinski definition) is 1. The third-order valence-corrected chi connectivity index (χ3v) is 4.19. The minimum Gasteiger partial charge on any atom is -0.491 e. The first kappa shape index (κ1) is 13.1. The summed E-state index contributed by atoms with van der Waals surface area (Å²) >= 11 is 1.59. The van der Waals surface area contributed by atoms with Gasteiger partial charge in [0.1, 0.15) is 12.4 Å². The SMILES string of the molecule is CC(O)COc1ccc2sc3ccccc3c(=O)c2c1. The maximum atomic E-state index is 12.5. The fraction of sp³-hybridized carbons (Fsp3) is 0.188. The van der Waals surface area contributed by atoms with Crippen LogP contribution < -0.4 is 10.2 Å². The van der Waals surface area contributed by atoms with Crippen LogP contribution in [0.4, 0.5) is 0 Å². The van der Waals surface area contributed by atoms with E-state index >= 15 is 0 Å². The van der Waals surface area contributed by atoms with E-state index in [9.17, 15) is 9.90 Å². The van der Waals surface area contributed by atoms with E-state index < -0.39 is 6.10 Å². The average Bonchev–Trinajstić information content (AvgIpc) is 2.46. The summed E-state index contributed by atoms with van der Waals surface area (Å²) in [5.41, 5.74) is 0.0249. The Morgan fingerprint density at radius 2 is 1.90 bits per heavy atom. The molecule has 1 unspecified atom stereocenters. The molecule has 0 bridgehead atoms. The minimum absolute atomic E-state index is 0.0249. The second-order valence-corrected chi connectivity index (χ2v) is 5.83. The van der Waals surface area contributed by atoms with Gasteiger partial charge in [0.15, 0.2) is 5.43 Å². The lowest BCUT2D eigenvalue weighted by molar-refractivity contribution is 0.123. The lowest BCUT2D eigenvalue weighted by Gasteiger charge is -2.09. The first-order valence-electron chi connectivity index (χ1n) is 6.41. The number of aliphatic hydroxyl groups is 1. The highest BCUT2D eigenvalue weighted by Gasteiger charge is 2.07. The number of ether oxygens (including phenoxy) is 1.